The third-order valence-electron chi connectivity index (χ3n) is 3.92. The van der Waals surface area contributed by atoms with Gasteiger partial charge in [-0.05, 0) is 36.6 Å². The highest BCUT2D eigenvalue weighted by molar-refractivity contribution is 5.66. The Morgan fingerprint density at radius 2 is 2.05 bits per heavy atom. The Kier molecular flexibility index (Phi) is 4.15. The SMILES string of the molecule is Cc1ncc(CN2CC=C(c3ccc(F)cc3)CC2)c(N)n1. The first-order chi connectivity index (χ1) is 10.6. The van der Waals surface area contributed by atoms with Crippen LogP contribution in [0.3, 0.4) is 0 Å². The molecule has 4 nitrogen and oxygen atoms in total. The zero-order chi connectivity index (χ0) is 15.5. The van der Waals surface area contributed by atoms with Crippen LogP contribution in [0.2, 0.25) is 0 Å². The van der Waals surface area contributed by atoms with Crippen molar-refractivity contribution in [3.8, 4) is 0 Å². The molecule has 5 heteroatoms. The van der Waals surface area contributed by atoms with Gasteiger partial charge in [0, 0.05) is 31.4 Å². The number of hydrogen-bond acceptors (Lipinski definition) is 4. The fourth-order valence-corrected chi connectivity index (χ4v) is 2.66. The number of aryl methyl sites for hydroxylation is 1. The van der Waals surface area contributed by atoms with Crippen LogP contribution in [0, 0.1) is 12.7 Å². The van der Waals surface area contributed by atoms with Gasteiger partial charge in [0.25, 0.3) is 0 Å². The van der Waals surface area contributed by atoms with E-state index in [1.165, 1.54) is 17.7 Å². The summed E-state index contributed by atoms with van der Waals surface area (Å²) in [7, 11) is 0. The van der Waals surface area contributed by atoms with Gasteiger partial charge in [0.1, 0.15) is 17.5 Å². The maximum Gasteiger partial charge on any atom is 0.131 e. The van der Waals surface area contributed by atoms with E-state index in [0.29, 0.717) is 11.6 Å². The quantitative estimate of drug-likeness (QED) is 0.946. The molecule has 2 N–H and O–H groups in total. The Bertz CT molecular complexity index is 694. The van der Waals surface area contributed by atoms with Crippen LogP contribution in [-0.2, 0) is 6.54 Å². The summed E-state index contributed by atoms with van der Waals surface area (Å²) in [6.45, 7) is 4.37. The molecule has 3 rings (SSSR count). The fraction of sp³-hybridized carbons (Fsp3) is 0.294. The fourth-order valence-electron chi connectivity index (χ4n) is 2.66. The summed E-state index contributed by atoms with van der Waals surface area (Å²) in [6, 6.07) is 6.69. The van der Waals surface area contributed by atoms with E-state index < -0.39 is 0 Å². The van der Waals surface area contributed by atoms with Gasteiger partial charge in [0.15, 0.2) is 0 Å². The molecule has 1 aliphatic heterocycles. The summed E-state index contributed by atoms with van der Waals surface area (Å²) in [5.74, 6) is 1.05. The van der Waals surface area contributed by atoms with E-state index in [1.54, 1.807) is 6.20 Å². The molecule has 0 unspecified atom stereocenters. The third kappa shape index (κ3) is 3.31. The molecule has 0 amide bonds. The minimum Gasteiger partial charge on any atom is -0.383 e. The van der Waals surface area contributed by atoms with Crippen molar-refractivity contribution in [1.82, 2.24) is 14.9 Å². The highest BCUT2D eigenvalue weighted by Gasteiger charge is 2.15. The first-order valence-electron chi connectivity index (χ1n) is 7.37. The van der Waals surface area contributed by atoms with Gasteiger partial charge in [-0.2, -0.15) is 0 Å². The Morgan fingerprint density at radius 1 is 1.27 bits per heavy atom. The molecular weight excluding hydrogens is 279 g/mol. The number of nitrogen functional groups attached to an aromatic ring is 1. The van der Waals surface area contributed by atoms with Crippen LogP contribution < -0.4 is 5.73 Å². The highest BCUT2D eigenvalue weighted by Crippen LogP contribution is 2.23. The van der Waals surface area contributed by atoms with Gasteiger partial charge in [-0.25, -0.2) is 14.4 Å². The molecule has 0 aliphatic carbocycles. The number of anilines is 1. The zero-order valence-electron chi connectivity index (χ0n) is 12.6. The lowest BCUT2D eigenvalue weighted by Gasteiger charge is -2.26. The van der Waals surface area contributed by atoms with Gasteiger partial charge in [-0.3, -0.25) is 4.90 Å². The number of halogens is 1. The van der Waals surface area contributed by atoms with Crippen molar-refractivity contribution in [3.63, 3.8) is 0 Å². The Morgan fingerprint density at radius 3 is 2.68 bits per heavy atom. The second kappa shape index (κ2) is 6.23. The standard InChI is InChI=1S/C17H19FN4/c1-12-20-10-15(17(19)21-12)11-22-8-6-14(7-9-22)13-2-4-16(18)5-3-13/h2-6,10H,7-9,11H2,1H3,(H2,19,20,21). The first-order valence-corrected chi connectivity index (χ1v) is 7.37. The molecule has 2 heterocycles. The normalized spacial score (nSPS) is 15.6. The molecule has 2 aromatic rings. The lowest BCUT2D eigenvalue weighted by atomic mass is 9.99. The summed E-state index contributed by atoms with van der Waals surface area (Å²) in [6.07, 6.45) is 4.94. The highest BCUT2D eigenvalue weighted by atomic mass is 19.1. The number of nitrogens with zero attached hydrogens (tertiary/aromatic N) is 3. The molecule has 0 saturated carbocycles. The molecule has 1 aromatic heterocycles. The van der Waals surface area contributed by atoms with Crippen molar-refractivity contribution in [1.29, 1.82) is 0 Å². The smallest absolute Gasteiger partial charge is 0.131 e. The number of hydrogen-bond donors (Lipinski definition) is 1. The van der Waals surface area contributed by atoms with Crippen LogP contribution in [0.15, 0.2) is 36.5 Å². The Hall–Kier alpha value is -2.27. The molecular formula is C17H19FN4. The van der Waals surface area contributed by atoms with Crippen LogP contribution >= 0.6 is 0 Å². The third-order valence-corrected chi connectivity index (χ3v) is 3.92. The van der Waals surface area contributed by atoms with Crippen LogP contribution in [-0.4, -0.2) is 28.0 Å². The summed E-state index contributed by atoms with van der Waals surface area (Å²) >= 11 is 0. The van der Waals surface area contributed by atoms with E-state index in [9.17, 15) is 4.39 Å². The van der Waals surface area contributed by atoms with Crippen molar-refractivity contribution >= 4 is 11.4 Å². The Labute approximate surface area is 129 Å². The maximum absolute atomic E-state index is 13.0. The lowest BCUT2D eigenvalue weighted by Crippen LogP contribution is -2.28. The topological polar surface area (TPSA) is 55.0 Å². The van der Waals surface area contributed by atoms with Crippen LogP contribution in [0.25, 0.3) is 5.57 Å². The molecule has 0 radical (unpaired) electrons. The van der Waals surface area contributed by atoms with E-state index in [0.717, 1.165) is 37.2 Å². The molecule has 1 aliphatic rings. The van der Waals surface area contributed by atoms with E-state index in [-0.39, 0.29) is 5.82 Å². The van der Waals surface area contributed by atoms with Crippen molar-refractivity contribution in [2.45, 2.75) is 19.9 Å². The summed E-state index contributed by atoms with van der Waals surface area (Å²) in [5.41, 5.74) is 9.27. The van der Waals surface area contributed by atoms with Crippen molar-refractivity contribution < 1.29 is 4.39 Å². The zero-order valence-corrected chi connectivity index (χ0v) is 12.6. The van der Waals surface area contributed by atoms with E-state index in [1.807, 2.05) is 19.1 Å². The first kappa shape index (κ1) is 14.7. The minimum atomic E-state index is -0.198. The molecule has 0 atom stereocenters. The molecule has 0 bridgehead atoms. The predicted molar refractivity (Wildman–Crippen MR) is 85.5 cm³/mol. The van der Waals surface area contributed by atoms with Gasteiger partial charge in [0.2, 0.25) is 0 Å². The molecule has 0 fully saturated rings. The minimum absolute atomic E-state index is 0.198. The lowest BCUT2D eigenvalue weighted by molar-refractivity contribution is 0.293. The van der Waals surface area contributed by atoms with Gasteiger partial charge >= 0.3 is 0 Å². The van der Waals surface area contributed by atoms with Crippen LogP contribution in [0.4, 0.5) is 10.2 Å². The number of benzene rings is 1. The Balaban J connectivity index is 1.66. The molecule has 114 valence electrons. The van der Waals surface area contributed by atoms with Crippen LogP contribution in [0.5, 0.6) is 0 Å². The second-order valence-electron chi connectivity index (χ2n) is 5.55. The average Bonchev–Trinajstić information content (AvgIpc) is 2.52. The number of aromatic nitrogens is 2. The van der Waals surface area contributed by atoms with Crippen LogP contribution in [0.1, 0.15) is 23.4 Å². The maximum atomic E-state index is 13.0. The number of nitrogens with two attached hydrogens (primary N) is 1. The van der Waals surface area contributed by atoms with Gasteiger partial charge in [-0.1, -0.05) is 18.2 Å². The molecule has 22 heavy (non-hydrogen) atoms. The number of rotatable bonds is 3. The summed E-state index contributed by atoms with van der Waals surface area (Å²) in [5, 5.41) is 0. The summed E-state index contributed by atoms with van der Waals surface area (Å²) in [4.78, 5) is 10.7. The summed E-state index contributed by atoms with van der Waals surface area (Å²) < 4.78 is 13.0. The van der Waals surface area contributed by atoms with Gasteiger partial charge in [0.05, 0.1) is 0 Å². The molecule has 0 saturated heterocycles. The van der Waals surface area contributed by atoms with E-state index >= 15 is 0 Å². The predicted octanol–water partition coefficient (Wildman–Crippen LogP) is 2.80. The van der Waals surface area contributed by atoms with Gasteiger partial charge < -0.3 is 5.73 Å². The van der Waals surface area contributed by atoms with Crippen molar-refractivity contribution in [2.24, 2.45) is 0 Å². The van der Waals surface area contributed by atoms with E-state index in [4.69, 9.17) is 5.73 Å². The van der Waals surface area contributed by atoms with E-state index in [2.05, 4.69) is 20.9 Å². The van der Waals surface area contributed by atoms with Crippen molar-refractivity contribution in [3.05, 3.63) is 59.3 Å². The molecule has 0 spiro atoms. The molecule has 1 aromatic carbocycles. The largest absolute Gasteiger partial charge is 0.383 e. The van der Waals surface area contributed by atoms with Crippen molar-refractivity contribution in [2.75, 3.05) is 18.8 Å². The van der Waals surface area contributed by atoms with Gasteiger partial charge in [-0.15, -0.1) is 0 Å². The second-order valence-corrected chi connectivity index (χ2v) is 5.55. The monoisotopic (exact) mass is 298 g/mol. The average molecular weight is 298 g/mol.